The maximum Gasteiger partial charge on any atom is 0.460 e. The van der Waals surface area contributed by atoms with Gasteiger partial charge in [-0.25, -0.2) is 0 Å². The normalized spacial score (nSPS) is 15.3. The van der Waals surface area contributed by atoms with E-state index in [2.05, 4.69) is 4.98 Å². The Hall–Kier alpha value is -1.83. The minimum Gasteiger partial charge on any atom is -0.254 e. The lowest BCUT2D eigenvalue weighted by atomic mass is 9.97. The molecule has 0 N–H and O–H groups in total. The van der Waals surface area contributed by atoms with Crippen LogP contribution in [0.1, 0.15) is 11.1 Å². The molecule has 0 aromatic carbocycles. The zero-order valence-electron chi connectivity index (χ0n) is 11.4. The van der Waals surface area contributed by atoms with Crippen LogP contribution < -0.4 is 0 Å². The van der Waals surface area contributed by atoms with Crippen molar-refractivity contribution in [3.63, 3.8) is 0 Å². The maximum absolute atomic E-state index is 13.3. The topological polar surface area (TPSA) is 12.9 Å². The number of rotatable bonds is 4. The molecule has 1 nitrogen and oxygen atoms in total. The van der Waals surface area contributed by atoms with Crippen LogP contribution >= 0.6 is 0 Å². The molecule has 1 rings (SSSR count). The molecule has 1 radical (unpaired) electrons. The van der Waals surface area contributed by atoms with Gasteiger partial charge in [-0.15, -0.1) is 0 Å². The summed E-state index contributed by atoms with van der Waals surface area (Å²) in [6, 6.07) is -1.09. The zero-order valence-corrected chi connectivity index (χ0v) is 11.4. The second kappa shape index (κ2) is 5.84. The second-order valence-electron chi connectivity index (χ2n) is 4.68. The monoisotopic (exact) mass is 414 g/mol. The van der Waals surface area contributed by atoms with E-state index in [0.29, 0.717) is 0 Å². The molecule has 0 spiro atoms. The van der Waals surface area contributed by atoms with Gasteiger partial charge in [0.05, 0.1) is 11.8 Å². The Morgan fingerprint density at radius 1 is 0.615 bits per heavy atom. The van der Waals surface area contributed by atoms with Crippen LogP contribution in [0.5, 0.6) is 0 Å². The van der Waals surface area contributed by atoms with Crippen molar-refractivity contribution in [1.29, 1.82) is 0 Å². The van der Waals surface area contributed by atoms with E-state index >= 15 is 0 Å². The van der Waals surface area contributed by atoms with Gasteiger partial charge in [0, 0.05) is 11.8 Å². The number of alkyl halides is 14. The van der Waals surface area contributed by atoms with Crippen molar-refractivity contribution >= 4 is 0 Å². The lowest BCUT2D eigenvalue weighted by Crippen LogP contribution is -2.51. The molecular weight excluding hydrogens is 412 g/mol. The van der Waals surface area contributed by atoms with Gasteiger partial charge in [-0.2, -0.15) is 61.5 Å². The molecule has 26 heavy (non-hydrogen) atoms. The smallest absolute Gasteiger partial charge is 0.254 e. The Kier molecular flexibility index (Phi) is 4.99. The van der Waals surface area contributed by atoms with Gasteiger partial charge in [-0.3, -0.25) is 4.98 Å². The molecule has 0 aliphatic carbocycles. The van der Waals surface area contributed by atoms with Crippen LogP contribution in [0.4, 0.5) is 61.5 Å². The van der Waals surface area contributed by atoms with E-state index in [0.717, 1.165) is 6.20 Å². The third-order valence-corrected chi connectivity index (χ3v) is 2.89. The average molecular weight is 414 g/mol. The molecule has 0 atom stereocenters. The summed E-state index contributed by atoms with van der Waals surface area (Å²) in [7, 11) is 0. The van der Waals surface area contributed by atoms with Crippen molar-refractivity contribution < 1.29 is 61.5 Å². The highest BCUT2D eigenvalue weighted by atomic mass is 19.4. The van der Waals surface area contributed by atoms with Crippen LogP contribution in [0.15, 0.2) is 12.3 Å². The Labute approximate surface area is 133 Å². The lowest BCUT2D eigenvalue weighted by molar-refractivity contribution is -0.361. The molecule has 15 heteroatoms. The van der Waals surface area contributed by atoms with Crippen LogP contribution in [0.3, 0.4) is 0 Å². The zero-order chi connectivity index (χ0) is 21.0. The van der Waals surface area contributed by atoms with E-state index < -0.39 is 59.4 Å². The standard InChI is InChI=1S/C11H2F14N/c12-6(13,8(16,17)10(20,21)22)4-1-5(3-26-2-4)7(14,15)9(18,19)11(23,24)25/h1-2H. The van der Waals surface area contributed by atoms with Crippen molar-refractivity contribution in [3.8, 4) is 0 Å². The van der Waals surface area contributed by atoms with E-state index in [9.17, 15) is 61.5 Å². The summed E-state index contributed by atoms with van der Waals surface area (Å²) in [5.74, 6) is -26.4. The summed E-state index contributed by atoms with van der Waals surface area (Å²) in [5.41, 5.74) is -5.44. The summed E-state index contributed by atoms with van der Waals surface area (Å²) < 4.78 is 177. The third-order valence-electron chi connectivity index (χ3n) is 2.89. The Balaban J connectivity index is 3.54. The van der Waals surface area contributed by atoms with Crippen LogP contribution in [-0.2, 0) is 11.8 Å². The second-order valence-corrected chi connectivity index (χ2v) is 4.68. The molecule has 0 saturated heterocycles. The molecule has 0 saturated carbocycles. The quantitative estimate of drug-likeness (QED) is 0.597. The summed E-state index contributed by atoms with van der Waals surface area (Å²) in [4.78, 5) is 2.22. The Morgan fingerprint density at radius 2 is 1.00 bits per heavy atom. The third kappa shape index (κ3) is 3.15. The Bertz CT molecular complexity index is 602. The predicted octanol–water partition coefficient (Wildman–Crippen LogP) is 5.46. The lowest BCUT2D eigenvalue weighted by Gasteiger charge is -2.30. The minimum absolute atomic E-state index is 0.565. The molecule has 1 aromatic rings. The molecule has 0 amide bonds. The maximum atomic E-state index is 13.3. The molecule has 0 unspecified atom stereocenters. The number of pyridine rings is 1. The van der Waals surface area contributed by atoms with Gasteiger partial charge in [0.25, 0.3) is 0 Å². The first-order valence-corrected chi connectivity index (χ1v) is 5.74. The van der Waals surface area contributed by atoms with Crippen LogP contribution in [-0.4, -0.2) is 29.2 Å². The van der Waals surface area contributed by atoms with Gasteiger partial charge in [0.2, 0.25) is 0 Å². The van der Waals surface area contributed by atoms with Crippen molar-refractivity contribution in [3.05, 3.63) is 29.6 Å². The molecule has 1 aromatic heterocycles. The fourth-order valence-corrected chi connectivity index (χ4v) is 1.44. The summed E-state index contributed by atoms with van der Waals surface area (Å²) in [5, 5.41) is 0. The summed E-state index contributed by atoms with van der Waals surface area (Å²) >= 11 is 0. The van der Waals surface area contributed by atoms with Crippen molar-refractivity contribution in [2.24, 2.45) is 0 Å². The SMILES string of the molecule is FC(F)(F)C(F)(F)C(F)(F)c1[c]ncc(C(F)(F)C(F)(F)C(F)(F)F)c1. The number of hydrogen-bond acceptors (Lipinski definition) is 1. The molecule has 0 fully saturated rings. The van der Waals surface area contributed by atoms with Crippen molar-refractivity contribution in [1.82, 2.24) is 4.98 Å². The first kappa shape index (κ1) is 22.2. The van der Waals surface area contributed by atoms with E-state index in [-0.39, 0.29) is 0 Å². The van der Waals surface area contributed by atoms with E-state index in [1.165, 1.54) is 0 Å². The molecule has 0 aliphatic heterocycles. The molecule has 0 aliphatic rings. The highest BCUT2D eigenvalue weighted by molar-refractivity contribution is 5.29. The molecule has 0 bridgehead atoms. The number of hydrogen-bond donors (Lipinski definition) is 0. The highest BCUT2D eigenvalue weighted by Crippen LogP contribution is 2.54. The predicted molar refractivity (Wildman–Crippen MR) is 52.9 cm³/mol. The van der Waals surface area contributed by atoms with E-state index in [4.69, 9.17) is 0 Å². The van der Waals surface area contributed by atoms with Gasteiger partial charge >= 0.3 is 36.0 Å². The van der Waals surface area contributed by atoms with Crippen LogP contribution in [0.25, 0.3) is 0 Å². The van der Waals surface area contributed by atoms with Gasteiger partial charge < -0.3 is 0 Å². The molecular formula is C11H2F14N. The average Bonchev–Trinajstić information content (AvgIpc) is 2.44. The fourth-order valence-electron chi connectivity index (χ4n) is 1.44. The van der Waals surface area contributed by atoms with Gasteiger partial charge in [0.1, 0.15) is 0 Å². The molecule has 1 heterocycles. The minimum atomic E-state index is -6.92. The van der Waals surface area contributed by atoms with Gasteiger partial charge in [-0.1, -0.05) is 0 Å². The summed E-state index contributed by atoms with van der Waals surface area (Å²) in [6.07, 6.45) is -13.6. The number of aromatic nitrogens is 1. The Morgan fingerprint density at radius 3 is 1.38 bits per heavy atom. The first-order chi connectivity index (χ1) is 11.2. The highest BCUT2D eigenvalue weighted by Gasteiger charge is 2.75. The van der Waals surface area contributed by atoms with Crippen molar-refractivity contribution in [2.75, 3.05) is 0 Å². The van der Waals surface area contributed by atoms with Gasteiger partial charge in [-0.05, 0) is 6.07 Å². The first-order valence-electron chi connectivity index (χ1n) is 5.74. The van der Waals surface area contributed by atoms with E-state index in [1.807, 2.05) is 0 Å². The molecule has 149 valence electrons. The van der Waals surface area contributed by atoms with Gasteiger partial charge in [0.15, 0.2) is 0 Å². The van der Waals surface area contributed by atoms with Crippen LogP contribution in [0, 0.1) is 6.20 Å². The largest absolute Gasteiger partial charge is 0.460 e. The number of nitrogens with zero attached hydrogens (tertiary/aromatic N) is 1. The summed E-state index contributed by atoms with van der Waals surface area (Å²) in [6.45, 7) is 0. The van der Waals surface area contributed by atoms with Crippen LogP contribution in [0.2, 0.25) is 0 Å². The fraction of sp³-hybridized carbons (Fsp3) is 0.545. The van der Waals surface area contributed by atoms with Crippen molar-refractivity contribution in [2.45, 2.75) is 36.0 Å². The number of halogens is 14. The van der Waals surface area contributed by atoms with E-state index in [1.54, 1.807) is 0 Å².